The first kappa shape index (κ1) is 15.7. The van der Waals surface area contributed by atoms with Crippen molar-refractivity contribution < 1.29 is 22.6 Å². The number of sulfonamides is 1. The van der Waals surface area contributed by atoms with E-state index in [0.717, 1.165) is 0 Å². The van der Waals surface area contributed by atoms with Crippen LogP contribution in [-0.2, 0) is 14.8 Å². The molecule has 0 heterocycles. The summed E-state index contributed by atoms with van der Waals surface area (Å²) in [5, 5.41) is 0. The third-order valence-electron chi connectivity index (χ3n) is 2.48. The molecule has 0 unspecified atom stereocenters. The quantitative estimate of drug-likeness (QED) is 0.723. The summed E-state index contributed by atoms with van der Waals surface area (Å²) >= 11 is 0. The van der Waals surface area contributed by atoms with Crippen LogP contribution in [0.4, 0.5) is 0 Å². The van der Waals surface area contributed by atoms with Crippen LogP contribution in [0.25, 0.3) is 0 Å². The number of ether oxygens (including phenoxy) is 3. The minimum Gasteiger partial charge on any atom is -0.497 e. The van der Waals surface area contributed by atoms with E-state index in [1.54, 1.807) is 19.2 Å². The fraction of sp³-hybridized carbons (Fsp3) is 0.500. The Bertz CT molecular complexity index is 501. The maximum atomic E-state index is 12.2. The highest BCUT2D eigenvalue weighted by Crippen LogP contribution is 2.27. The molecule has 0 aromatic heterocycles. The van der Waals surface area contributed by atoms with Gasteiger partial charge in [-0.25, -0.2) is 13.1 Å². The van der Waals surface area contributed by atoms with Crippen molar-refractivity contribution in [3.63, 3.8) is 0 Å². The highest BCUT2D eigenvalue weighted by Gasteiger charge is 2.19. The molecule has 0 aliphatic carbocycles. The normalized spacial score (nSPS) is 11.3. The molecule has 0 bridgehead atoms. The first-order valence-electron chi connectivity index (χ1n) is 5.75. The lowest BCUT2D eigenvalue weighted by Crippen LogP contribution is -2.26. The predicted octanol–water partition coefficient (Wildman–Crippen LogP) is 1.02. The summed E-state index contributed by atoms with van der Waals surface area (Å²) in [5.74, 6) is 0.734. The van der Waals surface area contributed by atoms with E-state index >= 15 is 0 Å². The van der Waals surface area contributed by atoms with E-state index in [1.807, 2.05) is 0 Å². The van der Waals surface area contributed by atoms with Gasteiger partial charge in [-0.2, -0.15) is 0 Å². The summed E-state index contributed by atoms with van der Waals surface area (Å²) in [6, 6.07) is 4.63. The number of methoxy groups -OCH3 is 3. The lowest BCUT2D eigenvalue weighted by Gasteiger charge is -2.12. The zero-order valence-electron chi connectivity index (χ0n) is 11.3. The van der Waals surface area contributed by atoms with E-state index < -0.39 is 10.0 Å². The van der Waals surface area contributed by atoms with Crippen molar-refractivity contribution in [2.45, 2.75) is 11.3 Å². The van der Waals surface area contributed by atoms with E-state index in [0.29, 0.717) is 25.3 Å². The maximum absolute atomic E-state index is 12.2. The van der Waals surface area contributed by atoms with Gasteiger partial charge in [0, 0.05) is 26.3 Å². The van der Waals surface area contributed by atoms with Crippen molar-refractivity contribution in [1.82, 2.24) is 4.72 Å². The van der Waals surface area contributed by atoms with E-state index in [4.69, 9.17) is 14.2 Å². The van der Waals surface area contributed by atoms with Crippen LogP contribution in [0.1, 0.15) is 6.42 Å². The average Bonchev–Trinajstić information content (AvgIpc) is 2.43. The zero-order valence-corrected chi connectivity index (χ0v) is 12.1. The van der Waals surface area contributed by atoms with Crippen molar-refractivity contribution in [3.05, 3.63) is 18.2 Å². The van der Waals surface area contributed by atoms with Gasteiger partial charge in [-0.05, 0) is 18.6 Å². The van der Waals surface area contributed by atoms with Crippen LogP contribution in [-0.4, -0.2) is 42.9 Å². The van der Waals surface area contributed by atoms with Gasteiger partial charge in [-0.3, -0.25) is 0 Å². The maximum Gasteiger partial charge on any atom is 0.244 e. The molecule has 0 fully saturated rings. The lowest BCUT2D eigenvalue weighted by molar-refractivity contribution is 0.196. The van der Waals surface area contributed by atoms with E-state index in [2.05, 4.69) is 4.72 Å². The highest BCUT2D eigenvalue weighted by molar-refractivity contribution is 7.89. The number of benzene rings is 1. The predicted molar refractivity (Wildman–Crippen MR) is 71.2 cm³/mol. The number of rotatable bonds is 8. The van der Waals surface area contributed by atoms with Gasteiger partial charge in [0.2, 0.25) is 10.0 Å². The largest absolute Gasteiger partial charge is 0.497 e. The molecule has 0 atom stereocenters. The smallest absolute Gasteiger partial charge is 0.244 e. The molecule has 19 heavy (non-hydrogen) atoms. The van der Waals surface area contributed by atoms with Crippen LogP contribution in [0.15, 0.2) is 23.1 Å². The van der Waals surface area contributed by atoms with Crippen molar-refractivity contribution in [3.8, 4) is 11.5 Å². The van der Waals surface area contributed by atoms with Gasteiger partial charge in [0.1, 0.15) is 16.4 Å². The Morgan fingerprint density at radius 2 is 1.89 bits per heavy atom. The van der Waals surface area contributed by atoms with Gasteiger partial charge in [0.05, 0.1) is 14.2 Å². The Morgan fingerprint density at radius 3 is 2.47 bits per heavy atom. The van der Waals surface area contributed by atoms with Crippen LogP contribution >= 0.6 is 0 Å². The van der Waals surface area contributed by atoms with Gasteiger partial charge in [0.15, 0.2) is 0 Å². The second-order valence-corrected chi connectivity index (χ2v) is 5.50. The topological polar surface area (TPSA) is 73.9 Å². The first-order valence-corrected chi connectivity index (χ1v) is 7.24. The monoisotopic (exact) mass is 289 g/mol. The molecule has 7 heteroatoms. The van der Waals surface area contributed by atoms with Gasteiger partial charge < -0.3 is 14.2 Å². The minimum absolute atomic E-state index is 0.0618. The first-order chi connectivity index (χ1) is 9.05. The van der Waals surface area contributed by atoms with Crippen molar-refractivity contribution in [2.75, 3.05) is 34.5 Å². The second-order valence-electron chi connectivity index (χ2n) is 3.76. The van der Waals surface area contributed by atoms with Crippen LogP contribution in [0.3, 0.4) is 0 Å². The van der Waals surface area contributed by atoms with Crippen molar-refractivity contribution in [2.24, 2.45) is 0 Å². The SMILES string of the molecule is COCCCNS(=O)(=O)c1cc(OC)ccc1OC. The molecule has 0 spiro atoms. The third-order valence-corrected chi connectivity index (χ3v) is 3.96. The van der Waals surface area contributed by atoms with E-state index in [-0.39, 0.29) is 10.6 Å². The molecule has 108 valence electrons. The Kier molecular flexibility index (Phi) is 6.07. The van der Waals surface area contributed by atoms with Crippen LogP contribution < -0.4 is 14.2 Å². The Labute approximate surface area is 113 Å². The molecule has 0 aliphatic rings. The molecular formula is C12H19NO5S. The van der Waals surface area contributed by atoms with E-state index in [9.17, 15) is 8.42 Å². The van der Waals surface area contributed by atoms with Gasteiger partial charge >= 0.3 is 0 Å². The van der Waals surface area contributed by atoms with Crippen LogP contribution in [0.2, 0.25) is 0 Å². The Hall–Kier alpha value is -1.31. The van der Waals surface area contributed by atoms with Crippen LogP contribution in [0.5, 0.6) is 11.5 Å². The van der Waals surface area contributed by atoms with E-state index in [1.165, 1.54) is 20.3 Å². The molecule has 0 saturated carbocycles. The molecule has 0 aliphatic heterocycles. The summed E-state index contributed by atoms with van der Waals surface area (Å²) in [7, 11) is 0.841. The Balaban J connectivity index is 2.92. The number of hydrogen-bond acceptors (Lipinski definition) is 5. The summed E-state index contributed by atoms with van der Waals surface area (Å²) in [4.78, 5) is 0.0618. The van der Waals surface area contributed by atoms with Crippen molar-refractivity contribution >= 4 is 10.0 Å². The summed E-state index contributed by atoms with van der Waals surface area (Å²) < 4.78 is 41.8. The summed E-state index contributed by atoms with van der Waals surface area (Å²) in [6.07, 6.45) is 0.599. The highest BCUT2D eigenvalue weighted by atomic mass is 32.2. The lowest BCUT2D eigenvalue weighted by atomic mass is 10.3. The second kappa shape index (κ2) is 7.32. The fourth-order valence-corrected chi connectivity index (χ4v) is 2.75. The van der Waals surface area contributed by atoms with Crippen molar-refractivity contribution in [1.29, 1.82) is 0 Å². The zero-order chi connectivity index (χ0) is 14.3. The summed E-state index contributed by atoms with van der Waals surface area (Å²) in [5.41, 5.74) is 0. The molecule has 1 N–H and O–H groups in total. The molecular weight excluding hydrogens is 270 g/mol. The molecule has 1 aromatic rings. The molecule has 1 rings (SSSR count). The van der Waals surface area contributed by atoms with Gasteiger partial charge in [-0.15, -0.1) is 0 Å². The molecule has 6 nitrogen and oxygen atoms in total. The number of hydrogen-bond donors (Lipinski definition) is 1. The molecule has 1 aromatic carbocycles. The third kappa shape index (κ3) is 4.38. The molecule has 0 amide bonds. The number of nitrogens with one attached hydrogen (secondary N) is 1. The van der Waals surface area contributed by atoms with Gasteiger partial charge in [0.25, 0.3) is 0 Å². The average molecular weight is 289 g/mol. The van der Waals surface area contributed by atoms with Crippen LogP contribution in [0, 0.1) is 0 Å². The minimum atomic E-state index is -3.63. The molecule has 0 saturated heterocycles. The Morgan fingerprint density at radius 1 is 1.16 bits per heavy atom. The standard InChI is InChI=1S/C12H19NO5S/c1-16-8-4-7-13-19(14,15)12-9-10(17-2)5-6-11(12)18-3/h5-6,9,13H,4,7-8H2,1-3H3. The summed E-state index contributed by atoms with van der Waals surface area (Å²) in [6.45, 7) is 0.800. The van der Waals surface area contributed by atoms with Gasteiger partial charge in [-0.1, -0.05) is 0 Å². The molecule has 0 radical (unpaired) electrons. The fourth-order valence-electron chi connectivity index (χ4n) is 1.49.